The molecule has 10 heteroatoms. The Morgan fingerprint density at radius 1 is 1.35 bits per heavy atom. The summed E-state index contributed by atoms with van der Waals surface area (Å²) in [4.78, 5) is 28.9. The van der Waals surface area contributed by atoms with Gasteiger partial charge in [0.25, 0.3) is 0 Å². The van der Waals surface area contributed by atoms with Crippen molar-refractivity contribution in [3.8, 4) is 17.2 Å². The van der Waals surface area contributed by atoms with Crippen LogP contribution in [0.15, 0.2) is 51.4 Å². The summed E-state index contributed by atoms with van der Waals surface area (Å²) < 4.78 is 5.17. The largest absolute Gasteiger partial charge is 0.481 e. The molecule has 4 rings (SSSR count). The monoisotopic (exact) mass is 452 g/mol. The minimum Gasteiger partial charge on any atom is -0.481 e. The van der Waals surface area contributed by atoms with Crippen LogP contribution >= 0.6 is 21.8 Å². The molecule has 2 aliphatic rings. The van der Waals surface area contributed by atoms with Gasteiger partial charge in [0.15, 0.2) is 5.96 Å². The van der Waals surface area contributed by atoms with Gasteiger partial charge in [-0.2, -0.15) is 5.26 Å². The maximum atomic E-state index is 13.3. The van der Waals surface area contributed by atoms with E-state index in [0.717, 1.165) is 16.0 Å². The molecule has 2 aliphatic heterocycles. The van der Waals surface area contributed by atoms with Crippen molar-refractivity contribution in [2.24, 2.45) is 15.7 Å². The highest BCUT2D eigenvalue weighted by Gasteiger charge is 2.48. The van der Waals surface area contributed by atoms with Gasteiger partial charge in [0, 0.05) is 36.0 Å². The number of hydrogen-bond acceptors (Lipinski definition) is 8. The lowest BCUT2D eigenvalue weighted by Crippen LogP contribution is -2.55. The van der Waals surface area contributed by atoms with Crippen molar-refractivity contribution in [1.82, 2.24) is 9.88 Å². The molecule has 2 aromatic rings. The fourth-order valence-electron chi connectivity index (χ4n) is 3.47. The van der Waals surface area contributed by atoms with Crippen LogP contribution in [0.5, 0.6) is 0 Å². The molecule has 2 N–H and O–H groups in total. The summed E-state index contributed by atoms with van der Waals surface area (Å²) in [6.45, 7) is 1.93. The molecule has 0 spiro atoms. The van der Waals surface area contributed by atoms with E-state index in [1.54, 1.807) is 38.0 Å². The first-order chi connectivity index (χ1) is 14.9. The van der Waals surface area contributed by atoms with E-state index in [1.807, 2.05) is 23.8 Å². The average Bonchev–Trinajstić information content (AvgIpc) is 3.29. The summed E-state index contributed by atoms with van der Waals surface area (Å²) in [5, 5.41) is 12.6. The number of ether oxygens (including phenoxy) is 1. The number of methoxy groups -OCH3 is 1. The second-order valence-electron chi connectivity index (χ2n) is 7.16. The van der Waals surface area contributed by atoms with Crippen LogP contribution in [0.3, 0.4) is 0 Å². The first-order valence-electron chi connectivity index (χ1n) is 9.29. The molecule has 3 atom stereocenters. The fraction of sp³-hybridized carbons (Fsp3) is 0.238. The highest BCUT2D eigenvalue weighted by atomic mass is 32.2. The van der Waals surface area contributed by atoms with E-state index < -0.39 is 21.3 Å². The number of rotatable bonds is 3. The van der Waals surface area contributed by atoms with Gasteiger partial charge in [-0.25, -0.2) is 9.98 Å². The molecule has 0 saturated heterocycles. The number of amides is 1. The van der Waals surface area contributed by atoms with E-state index in [9.17, 15) is 4.79 Å². The highest BCUT2D eigenvalue weighted by Crippen LogP contribution is 2.46. The van der Waals surface area contributed by atoms with Crippen LogP contribution in [0.2, 0.25) is 0 Å². The van der Waals surface area contributed by atoms with Gasteiger partial charge in [-0.15, -0.1) is 21.8 Å². The summed E-state index contributed by atoms with van der Waals surface area (Å²) in [5.41, 5.74) is 9.22. The molecule has 0 bridgehead atoms. The van der Waals surface area contributed by atoms with Gasteiger partial charge in [-0.3, -0.25) is 14.7 Å². The Hall–Kier alpha value is -3.29. The first-order valence-corrected chi connectivity index (χ1v) is 11.6. The molecule has 0 aliphatic carbocycles. The van der Waals surface area contributed by atoms with Crippen LogP contribution in [0, 0.1) is 11.3 Å². The van der Waals surface area contributed by atoms with Crippen LogP contribution in [0.25, 0.3) is 11.1 Å². The number of nitrogens with two attached hydrogens (primary N) is 1. The quantitative estimate of drug-likeness (QED) is 0.719. The number of aliphatic imine (C=N–C) groups is 2. The lowest BCUT2D eigenvalue weighted by Gasteiger charge is -2.40. The van der Waals surface area contributed by atoms with Crippen molar-refractivity contribution in [3.05, 3.63) is 51.8 Å². The van der Waals surface area contributed by atoms with Gasteiger partial charge in [-0.1, -0.05) is 0 Å². The topological polar surface area (TPSA) is 117 Å². The van der Waals surface area contributed by atoms with Gasteiger partial charge in [-0.05, 0) is 35.4 Å². The third-order valence-corrected chi connectivity index (χ3v) is 8.37. The van der Waals surface area contributed by atoms with E-state index in [-0.39, 0.29) is 11.9 Å². The Balaban J connectivity index is 1.81. The predicted molar refractivity (Wildman–Crippen MR) is 125 cm³/mol. The molecule has 8 nitrogen and oxygen atoms in total. The number of carbonyl (C=O) groups excluding carboxylic acids is 1. The summed E-state index contributed by atoms with van der Waals surface area (Å²) in [5.74, 6) is 0.560. The number of carbonyl (C=O) groups is 1. The van der Waals surface area contributed by atoms with Crippen LogP contribution in [-0.2, 0) is 15.1 Å². The maximum absolute atomic E-state index is 13.3. The molecule has 2 aromatic heterocycles. The molecular formula is C21H20N6O2S2. The molecule has 4 heterocycles. The normalized spacial score (nSPS) is 25.4. The number of guanidine groups is 1. The molecule has 0 saturated carbocycles. The summed E-state index contributed by atoms with van der Waals surface area (Å²) in [6, 6.07) is 5.89. The molecular weight excluding hydrogens is 432 g/mol. The van der Waals surface area contributed by atoms with E-state index >= 15 is 0 Å². The average molecular weight is 453 g/mol. The van der Waals surface area contributed by atoms with Crippen LogP contribution < -0.4 is 5.73 Å². The number of pyridine rings is 1. The van der Waals surface area contributed by atoms with Crippen molar-refractivity contribution in [1.29, 1.82) is 5.26 Å². The third-order valence-electron chi connectivity index (χ3n) is 5.21. The minimum absolute atomic E-state index is 0.113. The number of aromatic nitrogens is 1. The summed E-state index contributed by atoms with van der Waals surface area (Å²) in [6.07, 6.45) is 5.01. The maximum Gasteiger partial charge on any atom is 0.244 e. The summed E-state index contributed by atoms with van der Waals surface area (Å²) >= 11 is 1.50. The van der Waals surface area contributed by atoms with Gasteiger partial charge in [0.05, 0.1) is 18.2 Å². The van der Waals surface area contributed by atoms with E-state index in [4.69, 9.17) is 20.7 Å². The van der Waals surface area contributed by atoms with Crippen molar-refractivity contribution < 1.29 is 9.53 Å². The second-order valence-corrected chi connectivity index (χ2v) is 9.84. The zero-order valence-electron chi connectivity index (χ0n) is 17.1. The smallest absolute Gasteiger partial charge is 0.244 e. The first kappa shape index (κ1) is 21.0. The van der Waals surface area contributed by atoms with Gasteiger partial charge in [0.1, 0.15) is 16.9 Å². The van der Waals surface area contributed by atoms with Crippen LogP contribution in [0.4, 0.5) is 0 Å². The standard InChI is InChI=1S/C21H20N6O2S2/c1-21(16-7-15(11-30-16)14-6-13(8-22)9-24-10-14)18(19(28)27(2)20(23)26-21)31-5-4-17(29-3)25-12-31/h4-7,9-12,18H,1-3H3,(H2,23,26)/t18?,21-,31?/m1/s1. The van der Waals surface area contributed by atoms with Crippen molar-refractivity contribution in [2.75, 3.05) is 14.2 Å². The van der Waals surface area contributed by atoms with Gasteiger partial charge in [0.2, 0.25) is 11.8 Å². The highest BCUT2D eigenvalue weighted by molar-refractivity contribution is 8.18. The number of nitriles is 1. The predicted octanol–water partition coefficient (Wildman–Crippen LogP) is 2.65. The minimum atomic E-state index is -0.874. The van der Waals surface area contributed by atoms with E-state index in [0.29, 0.717) is 11.5 Å². The second kappa shape index (κ2) is 8.09. The lowest BCUT2D eigenvalue weighted by atomic mass is 9.92. The van der Waals surface area contributed by atoms with Crippen LogP contribution in [0.1, 0.15) is 17.4 Å². The van der Waals surface area contributed by atoms with Crippen molar-refractivity contribution >= 4 is 45.1 Å². The van der Waals surface area contributed by atoms with E-state index in [1.165, 1.54) is 22.4 Å². The molecule has 1 amide bonds. The number of nitrogens with zero attached hydrogens (tertiary/aromatic N) is 5. The molecule has 0 fully saturated rings. The Bertz CT molecular complexity index is 1220. The number of thiophene rings is 1. The molecule has 158 valence electrons. The summed E-state index contributed by atoms with van der Waals surface area (Å²) in [7, 11) is 2.58. The lowest BCUT2D eigenvalue weighted by molar-refractivity contribution is -0.127. The molecule has 0 aromatic carbocycles. The van der Waals surface area contributed by atoms with Crippen molar-refractivity contribution in [2.45, 2.75) is 17.7 Å². The number of hydrogen-bond donors (Lipinski definition) is 1. The zero-order chi connectivity index (χ0) is 22.2. The van der Waals surface area contributed by atoms with Crippen LogP contribution in [-0.4, -0.2) is 52.5 Å². The van der Waals surface area contributed by atoms with Crippen molar-refractivity contribution in [3.63, 3.8) is 0 Å². The van der Waals surface area contributed by atoms with Gasteiger partial charge >= 0.3 is 0 Å². The fourth-order valence-corrected chi connectivity index (χ4v) is 6.55. The Labute approximate surface area is 186 Å². The van der Waals surface area contributed by atoms with E-state index in [2.05, 4.69) is 16.0 Å². The Kier molecular flexibility index (Phi) is 5.47. The zero-order valence-corrected chi connectivity index (χ0v) is 18.8. The molecule has 0 radical (unpaired) electrons. The Morgan fingerprint density at radius 2 is 2.16 bits per heavy atom. The third kappa shape index (κ3) is 3.66. The Morgan fingerprint density at radius 3 is 2.84 bits per heavy atom. The van der Waals surface area contributed by atoms with Gasteiger partial charge < -0.3 is 10.5 Å². The molecule has 31 heavy (non-hydrogen) atoms. The SMILES string of the molecule is COC1=NC=S(C2C(=O)N(C)C(N)=N[C@]2(C)c2cc(-c3cncc(C#N)c3)cs2)C=C1. The molecule has 2 unspecified atom stereocenters.